The Hall–Kier alpha value is -4.31. The second-order valence-electron chi connectivity index (χ2n) is 9.69. The number of aryl methyl sites for hydroxylation is 1. The molecule has 0 amide bonds. The number of alkyl halides is 1. The van der Waals surface area contributed by atoms with Gasteiger partial charge >= 0.3 is 0 Å². The molecule has 0 aromatic heterocycles. The largest absolute Gasteiger partial charge is 0.758 e. The molecule has 0 aliphatic heterocycles. The summed E-state index contributed by atoms with van der Waals surface area (Å²) < 4.78 is 65.9. The minimum atomic E-state index is -4.69. The minimum absolute atomic E-state index is 0.0977. The maximum Gasteiger partial charge on any atom is 0.290 e. The average molecular weight is 600 g/mol. The first-order valence-electron chi connectivity index (χ1n) is 13.1. The molecule has 0 aliphatic carbocycles. The van der Waals surface area contributed by atoms with Crippen molar-refractivity contribution in [2.24, 2.45) is 3.77 Å². The summed E-state index contributed by atoms with van der Waals surface area (Å²) in [4.78, 5) is -0.417. The van der Waals surface area contributed by atoms with Gasteiger partial charge in [0.2, 0.25) is 5.00 Å². The zero-order valence-electron chi connectivity index (χ0n) is 22.7. The van der Waals surface area contributed by atoms with Crippen molar-refractivity contribution >= 4 is 25.4 Å². The second kappa shape index (κ2) is 11.9. The molecule has 0 radical (unpaired) electrons. The lowest BCUT2D eigenvalue weighted by molar-refractivity contribution is 0.230. The quantitative estimate of drug-likeness (QED) is 0.161. The van der Waals surface area contributed by atoms with Crippen LogP contribution in [0.15, 0.2) is 159 Å². The summed E-state index contributed by atoms with van der Waals surface area (Å²) >= 11 is 0. The maximum absolute atomic E-state index is 18.8. The van der Waals surface area contributed by atoms with Gasteiger partial charge in [0, 0.05) is 11.3 Å². The molecule has 0 bridgehead atoms. The van der Waals surface area contributed by atoms with E-state index in [1.165, 1.54) is 60.7 Å². The predicted molar refractivity (Wildman–Crippen MR) is 164 cm³/mol. The third-order valence-electron chi connectivity index (χ3n) is 6.87. The zero-order valence-corrected chi connectivity index (χ0v) is 24.3. The Kier molecular flexibility index (Phi) is 8.27. The predicted octanol–water partition coefficient (Wildman–Crippen LogP) is 7.78. The van der Waals surface area contributed by atoms with Crippen LogP contribution in [-0.4, -0.2) is 12.6 Å². The lowest BCUT2D eigenvalue weighted by Gasteiger charge is -2.47. The molecule has 5 rings (SSSR count). The van der Waals surface area contributed by atoms with E-state index >= 15 is 8.60 Å². The van der Waals surface area contributed by atoms with Crippen LogP contribution in [0.5, 0.6) is 0 Å². The van der Waals surface area contributed by atoms with Crippen molar-refractivity contribution in [1.82, 2.24) is 0 Å². The third kappa shape index (κ3) is 5.46. The number of halogens is 1. The van der Waals surface area contributed by atoms with Gasteiger partial charge in [-0.25, -0.2) is 8.60 Å². The van der Waals surface area contributed by atoms with Crippen molar-refractivity contribution < 1.29 is 17.0 Å². The number of sulfonamides is 1. The van der Waals surface area contributed by atoms with Crippen LogP contribution in [0.2, 0.25) is 0 Å². The molecular formula is C33H28FN2O4S2-. The van der Waals surface area contributed by atoms with Gasteiger partial charge in [-0.05, 0) is 48.9 Å². The molecule has 0 spiro atoms. The number of nitrogens with zero attached hydrogens (tertiary/aromatic N) is 2. The Morgan fingerprint density at radius 2 is 1.14 bits per heavy atom. The van der Waals surface area contributed by atoms with Crippen molar-refractivity contribution in [2.75, 3.05) is 5.06 Å². The molecule has 0 heterocycles. The van der Waals surface area contributed by atoms with E-state index in [9.17, 15) is 13.6 Å². The van der Waals surface area contributed by atoms with Crippen molar-refractivity contribution in [3.05, 3.63) is 167 Å². The fraction of sp³-hybridized carbons (Fsp3) is 0.0909. The fourth-order valence-corrected chi connectivity index (χ4v) is 9.33. The number of rotatable bonds is 9. The lowest BCUT2D eigenvalue weighted by Crippen LogP contribution is -2.45. The molecule has 214 valence electrons. The number of benzene rings is 5. The molecule has 0 N–H and O–H groups in total. The first-order chi connectivity index (χ1) is 20.2. The molecule has 42 heavy (non-hydrogen) atoms. The van der Waals surface area contributed by atoms with Crippen molar-refractivity contribution in [3.63, 3.8) is 0 Å². The van der Waals surface area contributed by atoms with Crippen molar-refractivity contribution in [3.8, 4) is 0 Å². The smallest absolute Gasteiger partial charge is 0.290 e. The van der Waals surface area contributed by atoms with E-state index < -0.39 is 30.8 Å². The van der Waals surface area contributed by atoms with Gasteiger partial charge in [0.25, 0.3) is 10.0 Å². The number of para-hydroxylation sites is 1. The summed E-state index contributed by atoms with van der Waals surface area (Å²) in [5.41, 5.74) is 0.929. The molecule has 0 saturated heterocycles. The standard InChI is InChI=1S/C33H28FN2O4S2/c1-26-22-24-31(25-23-26)42(39,40)35-41(38,30-20-12-5-13-21-30)33(34,28-16-8-3-9-17-28)32(27-14-6-2-7-15-27)36(37)29-18-10-4-11-19-29/h2-25,32H,1H3/q-1/t32?,33-,41?/m0/s1. The van der Waals surface area contributed by atoms with Gasteiger partial charge in [-0.1, -0.05) is 119 Å². The van der Waals surface area contributed by atoms with Gasteiger partial charge in [0.05, 0.1) is 15.8 Å². The highest BCUT2D eigenvalue weighted by atomic mass is 32.3. The van der Waals surface area contributed by atoms with Crippen molar-refractivity contribution in [1.29, 1.82) is 0 Å². The molecule has 0 saturated carbocycles. The molecule has 0 fully saturated rings. The Labute approximate surface area is 245 Å². The molecule has 6 nitrogen and oxygen atoms in total. The number of anilines is 1. The Morgan fingerprint density at radius 1 is 0.667 bits per heavy atom. The topological polar surface area (TPSA) is 89.9 Å². The molecule has 5 aromatic carbocycles. The Morgan fingerprint density at radius 3 is 1.69 bits per heavy atom. The second-order valence-corrected chi connectivity index (χ2v) is 13.8. The summed E-state index contributed by atoms with van der Waals surface area (Å²) in [7, 11) is -9.34. The first kappa shape index (κ1) is 29.2. The number of hydrogen-bond donors (Lipinski definition) is 0. The Balaban J connectivity index is 1.92. The van der Waals surface area contributed by atoms with Crippen LogP contribution >= 0.6 is 0 Å². The molecular weight excluding hydrogens is 572 g/mol. The van der Waals surface area contributed by atoms with Gasteiger partial charge in [-0.3, -0.25) is 0 Å². The van der Waals surface area contributed by atoms with Gasteiger partial charge < -0.3 is 10.3 Å². The van der Waals surface area contributed by atoms with E-state index in [4.69, 9.17) is 0 Å². The third-order valence-corrected chi connectivity index (χ3v) is 11.5. The van der Waals surface area contributed by atoms with Gasteiger partial charge in [-0.2, -0.15) is 8.42 Å². The molecule has 3 atom stereocenters. The normalized spacial score (nSPS) is 15.1. The molecule has 0 aliphatic rings. The summed E-state index contributed by atoms with van der Waals surface area (Å²) in [6.45, 7) is 1.79. The molecule has 9 heteroatoms. The van der Waals surface area contributed by atoms with Crippen LogP contribution in [0.1, 0.15) is 22.7 Å². The highest BCUT2D eigenvalue weighted by molar-refractivity contribution is 8.03. The summed E-state index contributed by atoms with van der Waals surface area (Å²) in [5, 5.41) is 11.5. The molecule has 2 unspecified atom stereocenters. The monoisotopic (exact) mass is 599 g/mol. The van der Waals surface area contributed by atoms with Crippen LogP contribution in [-0.2, 0) is 24.8 Å². The van der Waals surface area contributed by atoms with Gasteiger partial charge in [0.15, 0.2) is 0 Å². The van der Waals surface area contributed by atoms with E-state index in [1.807, 2.05) is 0 Å². The maximum atomic E-state index is 18.8. The summed E-state index contributed by atoms with van der Waals surface area (Å²) in [6.07, 6.45) is 0. The summed E-state index contributed by atoms with van der Waals surface area (Å²) in [6, 6.07) is 35.0. The highest BCUT2D eigenvalue weighted by Gasteiger charge is 2.54. The van der Waals surface area contributed by atoms with Crippen molar-refractivity contribution in [2.45, 2.75) is 27.8 Å². The molecule has 5 aromatic rings. The van der Waals surface area contributed by atoms with Crippen LogP contribution in [0.3, 0.4) is 0 Å². The van der Waals surface area contributed by atoms with Gasteiger partial charge in [0.1, 0.15) is 9.73 Å². The van der Waals surface area contributed by atoms with E-state index in [0.29, 0.717) is 5.06 Å². The highest BCUT2D eigenvalue weighted by Crippen LogP contribution is 2.52. The zero-order chi connectivity index (χ0) is 29.8. The van der Waals surface area contributed by atoms with E-state index in [2.05, 4.69) is 3.77 Å². The van der Waals surface area contributed by atoms with E-state index in [-0.39, 0.29) is 26.6 Å². The van der Waals surface area contributed by atoms with E-state index in [1.54, 1.807) is 91.9 Å². The van der Waals surface area contributed by atoms with Crippen LogP contribution in [0.4, 0.5) is 10.1 Å². The van der Waals surface area contributed by atoms with Gasteiger partial charge in [-0.15, -0.1) is 0 Å². The minimum Gasteiger partial charge on any atom is -0.758 e. The van der Waals surface area contributed by atoms with Crippen LogP contribution < -0.4 is 5.06 Å². The van der Waals surface area contributed by atoms with Crippen LogP contribution in [0, 0.1) is 12.1 Å². The lowest BCUT2D eigenvalue weighted by atomic mass is 9.95. The number of hydroxylamine groups is 1. The summed E-state index contributed by atoms with van der Waals surface area (Å²) in [5.74, 6) is 0. The SMILES string of the molecule is Cc1ccc(S(=O)(=O)N=S(=O)(c2ccccc2)[C@@](F)(c2ccccc2)C(c2ccccc2)N([O-])c2ccccc2)cc1. The Bertz CT molecular complexity index is 1870. The first-order valence-corrected chi connectivity index (χ1v) is 16.1. The average Bonchev–Trinajstić information content (AvgIpc) is 3.02. The number of hydrogen-bond acceptors (Lipinski definition) is 5. The fourth-order valence-electron chi connectivity index (χ4n) is 4.76. The van der Waals surface area contributed by atoms with Crippen LogP contribution in [0.25, 0.3) is 0 Å². The van der Waals surface area contributed by atoms with E-state index in [0.717, 1.165) is 5.56 Å².